The van der Waals surface area contributed by atoms with Crippen LogP contribution in [0.5, 0.6) is 0 Å². The molecule has 0 spiro atoms. The minimum atomic E-state index is 0.632. The first kappa shape index (κ1) is 12.9. The molecule has 0 aliphatic heterocycles. The normalized spacial score (nSPS) is 10.9. The first-order valence-corrected chi connectivity index (χ1v) is 6.80. The second kappa shape index (κ2) is 5.46. The Hall–Kier alpha value is -2.14. The third-order valence-corrected chi connectivity index (χ3v) is 3.23. The summed E-state index contributed by atoms with van der Waals surface area (Å²) in [5.74, 6) is 0.815. The van der Waals surface area contributed by atoms with Gasteiger partial charge in [-0.2, -0.15) is 5.10 Å². The van der Waals surface area contributed by atoms with E-state index < -0.39 is 0 Å². The number of fused-ring (bicyclic) bond motifs is 1. The van der Waals surface area contributed by atoms with Gasteiger partial charge >= 0.3 is 0 Å². The quantitative estimate of drug-likeness (QED) is 0.801. The topological polar surface area (TPSA) is 55.6 Å². The van der Waals surface area contributed by atoms with Gasteiger partial charge in [-0.05, 0) is 24.6 Å². The number of halogens is 1. The monoisotopic (exact) mass is 287 g/mol. The van der Waals surface area contributed by atoms with Gasteiger partial charge in [0.05, 0.1) is 18.1 Å². The lowest BCUT2D eigenvalue weighted by atomic mass is 10.2. The Morgan fingerprint density at radius 3 is 3.00 bits per heavy atom. The Bertz CT molecular complexity index is 737. The molecule has 5 nitrogen and oxygen atoms in total. The predicted octanol–water partition coefficient (Wildman–Crippen LogP) is 2.96. The Morgan fingerprint density at radius 2 is 2.20 bits per heavy atom. The number of nitrogens with one attached hydrogen (secondary N) is 1. The van der Waals surface area contributed by atoms with Crippen LogP contribution in [-0.4, -0.2) is 26.3 Å². The molecular weight excluding hydrogens is 274 g/mol. The number of anilines is 1. The average molecular weight is 288 g/mol. The van der Waals surface area contributed by atoms with E-state index in [9.17, 15) is 0 Å². The van der Waals surface area contributed by atoms with E-state index in [4.69, 9.17) is 11.6 Å². The van der Waals surface area contributed by atoms with Crippen LogP contribution in [0.15, 0.2) is 36.8 Å². The van der Waals surface area contributed by atoms with Crippen molar-refractivity contribution in [3.8, 4) is 0 Å². The Morgan fingerprint density at radius 1 is 1.30 bits per heavy atom. The highest BCUT2D eigenvalue weighted by molar-refractivity contribution is 6.30. The fourth-order valence-corrected chi connectivity index (χ4v) is 2.34. The van der Waals surface area contributed by atoms with Crippen molar-refractivity contribution in [2.24, 2.45) is 0 Å². The van der Waals surface area contributed by atoms with Crippen molar-refractivity contribution >= 4 is 28.5 Å². The summed E-state index contributed by atoms with van der Waals surface area (Å²) in [5.41, 5.74) is 1.90. The standard InChI is InChI=1S/C14H14ClN5/c1-2-16-13-12-7-19-20(14(12)18-9-17-13)8-10-4-3-5-11(15)6-10/h3-7,9H,2,8H2,1H3,(H,16,17,18). The van der Waals surface area contributed by atoms with Gasteiger partial charge in [0.1, 0.15) is 12.1 Å². The van der Waals surface area contributed by atoms with Gasteiger partial charge in [0.15, 0.2) is 5.65 Å². The van der Waals surface area contributed by atoms with Gasteiger partial charge in [-0.25, -0.2) is 14.6 Å². The van der Waals surface area contributed by atoms with Crippen molar-refractivity contribution in [3.63, 3.8) is 0 Å². The van der Waals surface area contributed by atoms with Crippen LogP contribution in [0, 0.1) is 0 Å². The SMILES string of the molecule is CCNc1ncnc2c1cnn2Cc1cccc(Cl)c1. The summed E-state index contributed by atoms with van der Waals surface area (Å²) in [6.45, 7) is 3.47. The molecule has 0 fully saturated rings. The van der Waals surface area contributed by atoms with Crippen molar-refractivity contribution < 1.29 is 0 Å². The lowest BCUT2D eigenvalue weighted by Gasteiger charge is -2.05. The average Bonchev–Trinajstić information content (AvgIpc) is 2.84. The molecule has 0 unspecified atom stereocenters. The molecule has 20 heavy (non-hydrogen) atoms. The van der Waals surface area contributed by atoms with E-state index >= 15 is 0 Å². The summed E-state index contributed by atoms with van der Waals surface area (Å²) in [4.78, 5) is 8.55. The number of hydrogen-bond acceptors (Lipinski definition) is 4. The second-order valence-electron chi connectivity index (χ2n) is 4.42. The van der Waals surface area contributed by atoms with Gasteiger partial charge in [-0.3, -0.25) is 0 Å². The van der Waals surface area contributed by atoms with Crippen LogP contribution in [0.2, 0.25) is 5.02 Å². The van der Waals surface area contributed by atoms with Crippen molar-refractivity contribution in [1.29, 1.82) is 0 Å². The molecule has 0 saturated heterocycles. The molecule has 0 bridgehead atoms. The molecule has 0 amide bonds. The van der Waals surface area contributed by atoms with Crippen LogP contribution in [0.1, 0.15) is 12.5 Å². The fourth-order valence-electron chi connectivity index (χ4n) is 2.13. The molecular formula is C14H14ClN5. The summed E-state index contributed by atoms with van der Waals surface area (Å²) in [5, 5.41) is 9.26. The van der Waals surface area contributed by atoms with E-state index in [-0.39, 0.29) is 0 Å². The smallest absolute Gasteiger partial charge is 0.163 e. The first-order valence-electron chi connectivity index (χ1n) is 6.42. The number of nitrogens with zero attached hydrogens (tertiary/aromatic N) is 4. The third-order valence-electron chi connectivity index (χ3n) is 3.00. The molecule has 0 saturated carbocycles. The minimum absolute atomic E-state index is 0.632. The van der Waals surface area contributed by atoms with Crippen molar-refractivity contribution in [2.45, 2.75) is 13.5 Å². The molecule has 0 aliphatic rings. The molecule has 3 aromatic rings. The van der Waals surface area contributed by atoms with Crippen LogP contribution in [-0.2, 0) is 6.54 Å². The van der Waals surface area contributed by atoms with Crippen molar-refractivity contribution in [1.82, 2.24) is 19.7 Å². The highest BCUT2D eigenvalue weighted by Gasteiger charge is 2.09. The molecule has 0 atom stereocenters. The molecule has 2 heterocycles. The number of benzene rings is 1. The molecule has 6 heteroatoms. The van der Waals surface area contributed by atoms with E-state index in [1.165, 1.54) is 0 Å². The predicted molar refractivity (Wildman–Crippen MR) is 80.0 cm³/mol. The van der Waals surface area contributed by atoms with E-state index in [0.29, 0.717) is 6.54 Å². The van der Waals surface area contributed by atoms with Gasteiger partial charge in [-0.15, -0.1) is 0 Å². The van der Waals surface area contributed by atoms with Crippen molar-refractivity contribution in [2.75, 3.05) is 11.9 Å². The van der Waals surface area contributed by atoms with Crippen LogP contribution >= 0.6 is 11.6 Å². The van der Waals surface area contributed by atoms with E-state index in [1.54, 1.807) is 12.5 Å². The highest BCUT2D eigenvalue weighted by Crippen LogP contribution is 2.20. The summed E-state index contributed by atoms with van der Waals surface area (Å²) in [6.07, 6.45) is 3.34. The Kier molecular flexibility index (Phi) is 3.52. The van der Waals surface area contributed by atoms with Gasteiger partial charge in [-0.1, -0.05) is 23.7 Å². The van der Waals surface area contributed by atoms with E-state index in [2.05, 4.69) is 20.4 Å². The maximum atomic E-state index is 6.00. The van der Waals surface area contributed by atoms with Gasteiger partial charge in [0, 0.05) is 11.6 Å². The maximum absolute atomic E-state index is 6.00. The van der Waals surface area contributed by atoms with Crippen LogP contribution < -0.4 is 5.32 Å². The zero-order chi connectivity index (χ0) is 13.9. The lowest BCUT2D eigenvalue weighted by molar-refractivity contribution is 0.704. The van der Waals surface area contributed by atoms with Crippen molar-refractivity contribution in [3.05, 3.63) is 47.4 Å². The van der Waals surface area contributed by atoms with Gasteiger partial charge in [0.2, 0.25) is 0 Å². The fraction of sp³-hybridized carbons (Fsp3) is 0.214. The van der Waals surface area contributed by atoms with Gasteiger partial charge < -0.3 is 5.32 Å². The zero-order valence-electron chi connectivity index (χ0n) is 11.0. The number of aromatic nitrogens is 4. The van der Waals surface area contributed by atoms with E-state index in [0.717, 1.165) is 34.0 Å². The molecule has 2 aromatic heterocycles. The summed E-state index contributed by atoms with van der Waals surface area (Å²) >= 11 is 6.00. The molecule has 1 aromatic carbocycles. The van der Waals surface area contributed by atoms with E-state index in [1.807, 2.05) is 35.9 Å². The lowest BCUT2D eigenvalue weighted by Crippen LogP contribution is -2.04. The van der Waals surface area contributed by atoms with Crippen LogP contribution in [0.3, 0.4) is 0 Å². The Labute approximate surface area is 121 Å². The molecule has 0 radical (unpaired) electrons. The summed E-state index contributed by atoms with van der Waals surface area (Å²) < 4.78 is 1.85. The zero-order valence-corrected chi connectivity index (χ0v) is 11.8. The van der Waals surface area contributed by atoms with Gasteiger partial charge in [0.25, 0.3) is 0 Å². The molecule has 0 aliphatic carbocycles. The molecule has 102 valence electrons. The number of rotatable bonds is 4. The largest absolute Gasteiger partial charge is 0.370 e. The third kappa shape index (κ3) is 2.44. The summed E-state index contributed by atoms with van der Waals surface area (Å²) in [7, 11) is 0. The second-order valence-corrected chi connectivity index (χ2v) is 4.86. The summed E-state index contributed by atoms with van der Waals surface area (Å²) in [6, 6.07) is 7.74. The maximum Gasteiger partial charge on any atom is 0.163 e. The Balaban J connectivity index is 1.98. The first-order chi connectivity index (χ1) is 9.78. The minimum Gasteiger partial charge on any atom is -0.370 e. The number of hydrogen-bond donors (Lipinski definition) is 1. The molecule has 1 N–H and O–H groups in total. The van der Waals surface area contributed by atoms with Crippen LogP contribution in [0.4, 0.5) is 5.82 Å². The highest BCUT2D eigenvalue weighted by atomic mass is 35.5. The van der Waals surface area contributed by atoms with Crippen LogP contribution in [0.25, 0.3) is 11.0 Å². The molecule has 3 rings (SSSR count).